The molecule has 86 valence electrons. The molecule has 0 aromatic rings. The number of rotatable bonds is 6. The number of hydrogen-bond donors (Lipinski definition) is 1. The van der Waals surface area contributed by atoms with Gasteiger partial charge in [-0.15, -0.1) is 11.8 Å². The predicted molar refractivity (Wildman–Crippen MR) is 63.5 cm³/mol. The third-order valence-electron chi connectivity index (χ3n) is 2.31. The van der Waals surface area contributed by atoms with Crippen molar-refractivity contribution in [2.75, 3.05) is 18.9 Å². The number of ether oxygens (including phenoxy) is 1. The van der Waals surface area contributed by atoms with Gasteiger partial charge in [-0.25, -0.2) is 4.79 Å². The topological polar surface area (TPSA) is 38.3 Å². The van der Waals surface area contributed by atoms with Gasteiger partial charge in [-0.1, -0.05) is 26.2 Å². The van der Waals surface area contributed by atoms with Gasteiger partial charge in [0.05, 0.1) is 0 Å². The van der Waals surface area contributed by atoms with E-state index in [-0.39, 0.29) is 6.23 Å². The van der Waals surface area contributed by atoms with Gasteiger partial charge in [0.2, 0.25) is 0 Å². The van der Waals surface area contributed by atoms with E-state index in [1.165, 1.54) is 19.3 Å². The summed E-state index contributed by atoms with van der Waals surface area (Å²) in [6.07, 6.45) is 4.56. The molecule has 0 aromatic heterocycles. The van der Waals surface area contributed by atoms with Gasteiger partial charge in [0.25, 0.3) is 0 Å². The Morgan fingerprint density at radius 1 is 1.53 bits per heavy atom. The fourth-order valence-corrected chi connectivity index (χ4v) is 2.27. The first-order valence-electron chi connectivity index (χ1n) is 5.61. The summed E-state index contributed by atoms with van der Waals surface area (Å²) in [7, 11) is 0. The average molecular weight is 229 g/mol. The predicted octanol–water partition coefficient (Wildman–Crippen LogP) is 1.96. The van der Waals surface area contributed by atoms with E-state index < -0.39 is 0 Å². The Balaban J connectivity index is 2.16. The van der Waals surface area contributed by atoms with Gasteiger partial charge in [-0.2, -0.15) is 0 Å². The summed E-state index contributed by atoms with van der Waals surface area (Å²) in [6, 6.07) is 0. The van der Waals surface area contributed by atoms with E-state index in [0.717, 1.165) is 25.3 Å². The molecule has 0 spiro atoms. The van der Waals surface area contributed by atoms with Gasteiger partial charge in [0.15, 0.2) is 6.23 Å². The lowest BCUT2D eigenvalue weighted by Crippen LogP contribution is -2.38. The highest BCUT2D eigenvalue weighted by molar-refractivity contribution is 8.03. The van der Waals surface area contributed by atoms with Gasteiger partial charge in [-0.05, 0) is 6.42 Å². The van der Waals surface area contributed by atoms with Gasteiger partial charge in [0.1, 0.15) is 10.8 Å². The summed E-state index contributed by atoms with van der Waals surface area (Å²) in [5.41, 5.74) is 0. The van der Waals surface area contributed by atoms with Gasteiger partial charge < -0.3 is 4.74 Å². The highest BCUT2D eigenvalue weighted by Crippen LogP contribution is 2.21. The minimum absolute atomic E-state index is 0.206. The van der Waals surface area contributed by atoms with Crippen molar-refractivity contribution in [3.63, 3.8) is 0 Å². The fourth-order valence-electron chi connectivity index (χ4n) is 1.47. The Labute approximate surface area is 95.6 Å². The van der Waals surface area contributed by atoms with E-state index in [2.05, 4.69) is 12.2 Å². The number of nitrogens with one attached hydrogen (secondary N) is 1. The second-order valence-electron chi connectivity index (χ2n) is 3.58. The first-order chi connectivity index (χ1) is 7.38. The minimum atomic E-state index is -0.206. The van der Waals surface area contributed by atoms with Crippen molar-refractivity contribution < 1.29 is 9.53 Å². The van der Waals surface area contributed by atoms with Crippen LogP contribution in [0, 0.1) is 0 Å². The number of hydrogen-bond acceptors (Lipinski definition) is 4. The fraction of sp³-hybridized carbons (Fsp3) is 0.818. The molecule has 0 bridgehead atoms. The van der Waals surface area contributed by atoms with Crippen LogP contribution in [-0.4, -0.2) is 31.1 Å². The molecule has 4 heteroatoms. The number of thioether (sulfide) groups is 1. The minimum Gasteiger partial charge on any atom is -0.358 e. The summed E-state index contributed by atoms with van der Waals surface area (Å²) in [5, 5.41) is 3.17. The zero-order chi connectivity index (χ0) is 10.9. The summed E-state index contributed by atoms with van der Waals surface area (Å²) in [5.74, 6) is 2.88. The van der Waals surface area contributed by atoms with Gasteiger partial charge in [-0.3, -0.25) is 5.32 Å². The van der Waals surface area contributed by atoms with Crippen LogP contribution in [0.5, 0.6) is 0 Å². The smallest absolute Gasteiger partial charge is 0.150 e. The summed E-state index contributed by atoms with van der Waals surface area (Å²) >= 11 is 1.55. The molecule has 0 radical (unpaired) electrons. The van der Waals surface area contributed by atoms with Crippen LogP contribution in [0.3, 0.4) is 0 Å². The summed E-state index contributed by atoms with van der Waals surface area (Å²) in [4.78, 5) is 11.3. The molecule has 1 unspecified atom stereocenters. The zero-order valence-electron chi connectivity index (χ0n) is 9.25. The largest absolute Gasteiger partial charge is 0.358 e. The molecule has 0 aliphatic carbocycles. The van der Waals surface area contributed by atoms with Crippen LogP contribution in [0.1, 0.15) is 32.6 Å². The second kappa shape index (κ2) is 7.94. The Kier molecular flexibility index (Phi) is 6.77. The van der Waals surface area contributed by atoms with Crippen LogP contribution in [0.25, 0.3) is 0 Å². The maximum absolute atomic E-state index is 10.6. The molecule has 0 amide bonds. The Morgan fingerprint density at radius 3 is 3.13 bits per heavy atom. The Hall–Kier alpha value is -0.280. The van der Waals surface area contributed by atoms with Crippen molar-refractivity contribution in [3.05, 3.63) is 4.91 Å². The SMILES string of the molecule is CCCCCCOC1NCCSC1=C=O. The maximum atomic E-state index is 10.6. The monoisotopic (exact) mass is 229 g/mol. The zero-order valence-corrected chi connectivity index (χ0v) is 10.1. The lowest BCUT2D eigenvalue weighted by molar-refractivity contribution is 0.0579. The van der Waals surface area contributed by atoms with E-state index in [1.807, 2.05) is 5.94 Å². The van der Waals surface area contributed by atoms with Crippen LogP contribution in [-0.2, 0) is 9.53 Å². The lowest BCUT2D eigenvalue weighted by atomic mass is 10.2. The molecule has 0 aromatic carbocycles. The molecular weight excluding hydrogens is 210 g/mol. The van der Waals surface area contributed by atoms with E-state index in [1.54, 1.807) is 11.8 Å². The lowest BCUT2D eigenvalue weighted by Gasteiger charge is -2.23. The molecule has 15 heavy (non-hydrogen) atoms. The van der Waals surface area contributed by atoms with Crippen molar-refractivity contribution >= 4 is 17.7 Å². The highest BCUT2D eigenvalue weighted by atomic mass is 32.2. The average Bonchev–Trinajstić information content (AvgIpc) is 2.29. The van der Waals surface area contributed by atoms with E-state index in [9.17, 15) is 4.79 Å². The second-order valence-corrected chi connectivity index (χ2v) is 4.72. The van der Waals surface area contributed by atoms with Crippen molar-refractivity contribution in [1.29, 1.82) is 0 Å². The quantitative estimate of drug-likeness (QED) is 0.558. The van der Waals surface area contributed by atoms with E-state index in [0.29, 0.717) is 4.91 Å². The first-order valence-corrected chi connectivity index (χ1v) is 6.59. The molecule has 1 rings (SSSR count). The third kappa shape index (κ3) is 4.85. The van der Waals surface area contributed by atoms with Crippen LogP contribution in [0.2, 0.25) is 0 Å². The molecule has 1 saturated heterocycles. The van der Waals surface area contributed by atoms with Crippen molar-refractivity contribution in [3.8, 4) is 0 Å². The number of carbonyl (C=O) groups excluding carboxylic acids is 1. The standard InChI is InChI=1S/C11H19NO2S/c1-2-3-4-5-7-14-11-10(9-13)15-8-6-12-11/h11-12H,2-8H2,1H3. The first kappa shape index (κ1) is 12.8. The van der Waals surface area contributed by atoms with Crippen LogP contribution < -0.4 is 5.32 Å². The molecule has 1 aliphatic heterocycles. The van der Waals surface area contributed by atoms with Crippen LogP contribution in [0.4, 0.5) is 0 Å². The molecular formula is C11H19NO2S. The highest BCUT2D eigenvalue weighted by Gasteiger charge is 2.20. The third-order valence-corrected chi connectivity index (χ3v) is 3.33. The van der Waals surface area contributed by atoms with Gasteiger partial charge in [0, 0.05) is 18.9 Å². The number of unbranched alkanes of at least 4 members (excludes halogenated alkanes) is 3. The molecule has 1 atom stereocenters. The Morgan fingerprint density at radius 2 is 2.40 bits per heavy atom. The molecule has 1 fully saturated rings. The van der Waals surface area contributed by atoms with Gasteiger partial charge >= 0.3 is 0 Å². The van der Waals surface area contributed by atoms with E-state index >= 15 is 0 Å². The molecule has 1 aliphatic rings. The van der Waals surface area contributed by atoms with Crippen LogP contribution in [0.15, 0.2) is 4.91 Å². The normalized spacial score (nSPS) is 21.4. The van der Waals surface area contributed by atoms with Crippen molar-refractivity contribution in [2.24, 2.45) is 0 Å². The molecule has 1 heterocycles. The summed E-state index contributed by atoms with van der Waals surface area (Å²) < 4.78 is 5.60. The molecule has 1 N–H and O–H groups in total. The van der Waals surface area contributed by atoms with Crippen LogP contribution >= 0.6 is 11.8 Å². The molecule has 0 saturated carbocycles. The molecule has 3 nitrogen and oxygen atoms in total. The maximum Gasteiger partial charge on any atom is 0.150 e. The van der Waals surface area contributed by atoms with Crippen molar-refractivity contribution in [2.45, 2.75) is 38.8 Å². The van der Waals surface area contributed by atoms with E-state index in [4.69, 9.17) is 4.74 Å². The summed E-state index contributed by atoms with van der Waals surface area (Å²) in [6.45, 7) is 3.81. The van der Waals surface area contributed by atoms with Crippen molar-refractivity contribution in [1.82, 2.24) is 5.32 Å². The Bertz CT molecular complexity index is 227.